The van der Waals surface area contributed by atoms with E-state index in [1.165, 1.54) is 0 Å². The zero-order valence-corrected chi connectivity index (χ0v) is 8.34. The average molecular weight is 205 g/mol. The Labute approximate surface area is 82.7 Å². The highest BCUT2D eigenvalue weighted by molar-refractivity contribution is 6.63. The summed E-state index contributed by atoms with van der Waals surface area (Å²) in [5, 5.41) is -0.520. The van der Waals surface area contributed by atoms with Gasteiger partial charge in [0.15, 0.2) is 0 Å². The molecule has 0 aromatic carbocycles. The number of rotatable bonds is 6. The van der Waals surface area contributed by atoms with Crippen LogP contribution in [0.3, 0.4) is 0 Å². The Balaban J connectivity index is 3.61. The van der Waals surface area contributed by atoms with Crippen LogP contribution in [0.4, 0.5) is 0 Å². The number of hydrogen-bond donors (Lipinski definition) is 0. The van der Waals surface area contributed by atoms with Crippen molar-refractivity contribution in [2.75, 3.05) is 0 Å². The van der Waals surface area contributed by atoms with Gasteiger partial charge < -0.3 is 4.74 Å². The van der Waals surface area contributed by atoms with E-state index in [-0.39, 0.29) is 18.9 Å². The van der Waals surface area contributed by atoms with Crippen LogP contribution in [0.2, 0.25) is 0 Å². The smallest absolute Gasteiger partial charge is 0.306 e. The SMILES string of the molecule is C=CCC(C)OC(=O)CCC(=O)Cl. The van der Waals surface area contributed by atoms with Gasteiger partial charge in [-0.1, -0.05) is 6.08 Å². The normalized spacial score (nSPS) is 11.8. The Bertz CT molecular complexity index is 201. The van der Waals surface area contributed by atoms with Crippen molar-refractivity contribution in [3.05, 3.63) is 12.7 Å². The minimum Gasteiger partial charge on any atom is -0.462 e. The summed E-state index contributed by atoms with van der Waals surface area (Å²) in [6.07, 6.45) is 2.17. The number of carbonyl (C=O) groups excluding carboxylic acids is 2. The number of carbonyl (C=O) groups is 2. The van der Waals surface area contributed by atoms with Crippen LogP contribution in [0.5, 0.6) is 0 Å². The average Bonchev–Trinajstić information content (AvgIpc) is 2.01. The summed E-state index contributed by atoms with van der Waals surface area (Å²) < 4.78 is 4.92. The summed E-state index contributed by atoms with van der Waals surface area (Å²) in [5.41, 5.74) is 0. The Hall–Kier alpha value is -0.830. The highest BCUT2D eigenvalue weighted by atomic mass is 35.5. The maximum atomic E-state index is 11.0. The summed E-state index contributed by atoms with van der Waals surface area (Å²) >= 11 is 5.06. The van der Waals surface area contributed by atoms with Crippen molar-refractivity contribution in [2.45, 2.75) is 32.3 Å². The molecule has 0 rings (SSSR count). The van der Waals surface area contributed by atoms with E-state index in [2.05, 4.69) is 6.58 Å². The van der Waals surface area contributed by atoms with Gasteiger partial charge in [0, 0.05) is 12.8 Å². The van der Waals surface area contributed by atoms with E-state index in [0.717, 1.165) is 0 Å². The molecule has 0 radical (unpaired) electrons. The summed E-state index contributed by atoms with van der Waals surface area (Å²) in [6, 6.07) is 0. The van der Waals surface area contributed by atoms with Crippen LogP contribution in [0.15, 0.2) is 12.7 Å². The molecule has 0 saturated carbocycles. The zero-order chi connectivity index (χ0) is 10.3. The molecule has 0 fully saturated rings. The van der Waals surface area contributed by atoms with Gasteiger partial charge in [0.25, 0.3) is 0 Å². The Morgan fingerprint density at radius 3 is 2.62 bits per heavy atom. The first kappa shape index (κ1) is 12.2. The van der Waals surface area contributed by atoms with Crippen molar-refractivity contribution < 1.29 is 14.3 Å². The lowest BCUT2D eigenvalue weighted by atomic mass is 10.3. The van der Waals surface area contributed by atoms with Crippen molar-refractivity contribution in [2.24, 2.45) is 0 Å². The molecule has 0 bridgehead atoms. The molecule has 0 aliphatic carbocycles. The van der Waals surface area contributed by atoms with Crippen molar-refractivity contribution >= 4 is 22.8 Å². The molecule has 0 N–H and O–H groups in total. The summed E-state index contributed by atoms with van der Waals surface area (Å²) in [5.74, 6) is -0.400. The van der Waals surface area contributed by atoms with Crippen molar-refractivity contribution in [1.29, 1.82) is 0 Å². The van der Waals surface area contributed by atoms with Gasteiger partial charge in [0.1, 0.15) is 6.10 Å². The summed E-state index contributed by atoms with van der Waals surface area (Å²) in [4.78, 5) is 21.3. The van der Waals surface area contributed by atoms with Gasteiger partial charge in [-0.05, 0) is 18.5 Å². The van der Waals surface area contributed by atoms with Crippen molar-refractivity contribution in [3.8, 4) is 0 Å². The molecular formula is C9H13ClO3. The van der Waals surface area contributed by atoms with Crippen LogP contribution in [-0.4, -0.2) is 17.3 Å². The maximum absolute atomic E-state index is 11.0. The Morgan fingerprint density at radius 1 is 1.54 bits per heavy atom. The van der Waals surface area contributed by atoms with E-state index < -0.39 is 11.2 Å². The molecule has 1 atom stereocenters. The van der Waals surface area contributed by atoms with E-state index in [9.17, 15) is 9.59 Å². The molecule has 4 heteroatoms. The molecule has 13 heavy (non-hydrogen) atoms. The minimum atomic E-state index is -0.520. The maximum Gasteiger partial charge on any atom is 0.306 e. The molecule has 0 aliphatic heterocycles. The lowest BCUT2D eigenvalue weighted by molar-refractivity contribution is -0.148. The van der Waals surface area contributed by atoms with Crippen LogP contribution in [0.1, 0.15) is 26.2 Å². The third-order valence-corrected chi connectivity index (χ3v) is 1.55. The molecule has 0 saturated heterocycles. The molecule has 0 aliphatic rings. The molecule has 3 nitrogen and oxygen atoms in total. The second kappa shape index (κ2) is 6.66. The third-order valence-electron chi connectivity index (χ3n) is 1.36. The first-order chi connectivity index (χ1) is 6.06. The highest BCUT2D eigenvalue weighted by Crippen LogP contribution is 2.03. The zero-order valence-electron chi connectivity index (χ0n) is 7.59. The quantitative estimate of drug-likeness (QED) is 0.378. The fourth-order valence-electron chi connectivity index (χ4n) is 0.766. The fraction of sp³-hybridized carbons (Fsp3) is 0.556. The predicted molar refractivity (Wildman–Crippen MR) is 50.5 cm³/mol. The standard InChI is InChI=1S/C9H13ClO3/c1-3-4-7(2)13-9(12)6-5-8(10)11/h3,7H,1,4-6H2,2H3. The third kappa shape index (κ3) is 7.53. The van der Waals surface area contributed by atoms with Gasteiger partial charge in [0.2, 0.25) is 5.24 Å². The molecule has 0 amide bonds. The second-order valence-corrected chi connectivity index (χ2v) is 3.10. The van der Waals surface area contributed by atoms with Gasteiger partial charge in [-0.15, -0.1) is 6.58 Å². The topological polar surface area (TPSA) is 43.4 Å². The van der Waals surface area contributed by atoms with Crippen molar-refractivity contribution in [1.82, 2.24) is 0 Å². The molecule has 1 unspecified atom stereocenters. The molecule has 0 heterocycles. The lowest BCUT2D eigenvalue weighted by Gasteiger charge is -2.09. The van der Waals surface area contributed by atoms with Crippen LogP contribution < -0.4 is 0 Å². The van der Waals surface area contributed by atoms with Crippen LogP contribution in [0, 0.1) is 0 Å². The van der Waals surface area contributed by atoms with E-state index >= 15 is 0 Å². The van der Waals surface area contributed by atoms with Crippen LogP contribution >= 0.6 is 11.6 Å². The van der Waals surface area contributed by atoms with Crippen molar-refractivity contribution in [3.63, 3.8) is 0 Å². The largest absolute Gasteiger partial charge is 0.462 e. The van der Waals surface area contributed by atoms with Gasteiger partial charge in [0.05, 0.1) is 6.42 Å². The fourth-order valence-corrected chi connectivity index (χ4v) is 0.861. The minimum absolute atomic E-state index is 0.0290. The van der Waals surface area contributed by atoms with Gasteiger partial charge in [-0.3, -0.25) is 9.59 Å². The first-order valence-electron chi connectivity index (χ1n) is 4.05. The molecule has 0 aromatic heterocycles. The lowest BCUT2D eigenvalue weighted by Crippen LogP contribution is -2.14. The first-order valence-corrected chi connectivity index (χ1v) is 4.42. The number of hydrogen-bond acceptors (Lipinski definition) is 3. The second-order valence-electron chi connectivity index (χ2n) is 2.68. The van der Waals surface area contributed by atoms with E-state index in [1.54, 1.807) is 13.0 Å². The molecular weight excluding hydrogens is 192 g/mol. The Kier molecular flexibility index (Phi) is 6.24. The predicted octanol–water partition coefficient (Wildman–Crippen LogP) is 2.04. The van der Waals surface area contributed by atoms with Crippen LogP contribution in [-0.2, 0) is 14.3 Å². The number of halogens is 1. The molecule has 74 valence electrons. The Morgan fingerprint density at radius 2 is 2.15 bits per heavy atom. The summed E-state index contributed by atoms with van der Waals surface area (Å²) in [7, 11) is 0. The van der Waals surface area contributed by atoms with Crippen LogP contribution in [0.25, 0.3) is 0 Å². The van der Waals surface area contributed by atoms with E-state index in [1.807, 2.05) is 0 Å². The van der Waals surface area contributed by atoms with Gasteiger partial charge >= 0.3 is 5.97 Å². The highest BCUT2D eigenvalue weighted by Gasteiger charge is 2.09. The number of esters is 1. The molecule has 0 spiro atoms. The van der Waals surface area contributed by atoms with Gasteiger partial charge in [-0.25, -0.2) is 0 Å². The molecule has 0 aromatic rings. The monoisotopic (exact) mass is 204 g/mol. The van der Waals surface area contributed by atoms with E-state index in [0.29, 0.717) is 6.42 Å². The van der Waals surface area contributed by atoms with Gasteiger partial charge in [-0.2, -0.15) is 0 Å². The summed E-state index contributed by atoms with van der Waals surface area (Å²) in [6.45, 7) is 5.28. The number of ether oxygens (including phenoxy) is 1. The van der Waals surface area contributed by atoms with E-state index in [4.69, 9.17) is 16.3 Å².